The zero-order valence-corrected chi connectivity index (χ0v) is 11.6. The van der Waals surface area contributed by atoms with Crippen LogP contribution in [0, 0.1) is 15.9 Å². The van der Waals surface area contributed by atoms with Gasteiger partial charge < -0.3 is 5.11 Å². The molecule has 0 saturated carbocycles. The van der Waals surface area contributed by atoms with E-state index in [1.165, 1.54) is 0 Å². The average molecular weight is 306 g/mol. The van der Waals surface area contributed by atoms with Gasteiger partial charge in [0.25, 0.3) is 0 Å². The summed E-state index contributed by atoms with van der Waals surface area (Å²) in [5.41, 5.74) is -0.897. The van der Waals surface area contributed by atoms with Crippen molar-refractivity contribution in [3.05, 3.63) is 34.1 Å². The molecule has 0 aliphatic carbocycles. The van der Waals surface area contributed by atoms with E-state index < -0.39 is 26.5 Å². The van der Waals surface area contributed by atoms with Crippen molar-refractivity contribution in [1.82, 2.24) is 4.31 Å². The number of hydrogen-bond acceptors (Lipinski definition) is 5. The van der Waals surface area contributed by atoms with E-state index >= 15 is 0 Å². The van der Waals surface area contributed by atoms with Crippen LogP contribution in [0.25, 0.3) is 0 Å². The lowest BCUT2D eigenvalue weighted by Gasteiger charge is -2.20. The van der Waals surface area contributed by atoms with Crippen LogP contribution in [0.5, 0.6) is 0 Å². The topological polar surface area (TPSA) is 101 Å². The second kappa shape index (κ2) is 6.73. The van der Waals surface area contributed by atoms with Crippen molar-refractivity contribution in [1.29, 1.82) is 0 Å². The molecule has 0 unspecified atom stereocenters. The van der Waals surface area contributed by atoms with Crippen LogP contribution >= 0.6 is 0 Å². The van der Waals surface area contributed by atoms with Gasteiger partial charge >= 0.3 is 5.69 Å². The first kappa shape index (κ1) is 16.5. The van der Waals surface area contributed by atoms with Crippen LogP contribution in [0.3, 0.4) is 0 Å². The molecule has 0 spiro atoms. The van der Waals surface area contributed by atoms with Crippen LogP contribution in [0.2, 0.25) is 0 Å². The summed E-state index contributed by atoms with van der Waals surface area (Å²) < 4.78 is 38.8. The summed E-state index contributed by atoms with van der Waals surface area (Å²) >= 11 is 0. The molecule has 0 aliphatic rings. The standard InChI is InChI=1S/C11H15FN2O5S/c1-2-5-13(6-7-15)20(18,19)9-3-4-10(12)11(8-9)14(16)17/h3-4,8,15H,2,5-7H2,1H3. The number of benzene rings is 1. The van der Waals surface area contributed by atoms with Crippen LogP contribution in [0.15, 0.2) is 23.1 Å². The van der Waals surface area contributed by atoms with E-state index in [1.54, 1.807) is 6.92 Å². The van der Waals surface area contributed by atoms with Gasteiger partial charge in [-0.2, -0.15) is 8.70 Å². The van der Waals surface area contributed by atoms with Gasteiger partial charge in [-0.15, -0.1) is 0 Å². The molecule has 1 N–H and O–H groups in total. The number of halogens is 1. The largest absolute Gasteiger partial charge is 0.395 e. The second-order valence-electron chi connectivity index (χ2n) is 4.00. The third-order valence-electron chi connectivity index (χ3n) is 2.57. The van der Waals surface area contributed by atoms with Crippen molar-refractivity contribution in [2.75, 3.05) is 19.7 Å². The Bertz CT molecular complexity index is 584. The summed E-state index contributed by atoms with van der Waals surface area (Å²) in [6, 6.07) is 2.40. The van der Waals surface area contributed by atoms with Gasteiger partial charge in [-0.05, 0) is 18.6 Å². The van der Waals surface area contributed by atoms with Crippen molar-refractivity contribution in [2.24, 2.45) is 0 Å². The Kier molecular flexibility index (Phi) is 5.54. The predicted octanol–water partition coefficient (Wildman–Crippen LogP) is 1.13. The number of rotatable bonds is 7. The summed E-state index contributed by atoms with van der Waals surface area (Å²) in [6.45, 7) is 1.42. The molecule has 0 saturated heterocycles. The molecule has 0 amide bonds. The van der Waals surface area contributed by atoms with Gasteiger partial charge in [-0.25, -0.2) is 8.42 Å². The number of nitrogens with zero attached hydrogens (tertiary/aromatic N) is 2. The Labute approximate surface area is 115 Å². The molecule has 0 aromatic heterocycles. The second-order valence-corrected chi connectivity index (χ2v) is 5.94. The molecule has 20 heavy (non-hydrogen) atoms. The Balaban J connectivity index is 3.26. The van der Waals surface area contributed by atoms with Crippen molar-refractivity contribution in [3.63, 3.8) is 0 Å². The van der Waals surface area contributed by atoms with Crippen LogP contribution < -0.4 is 0 Å². The Morgan fingerprint density at radius 2 is 2.05 bits per heavy atom. The van der Waals surface area contributed by atoms with E-state index in [9.17, 15) is 22.9 Å². The molecule has 0 heterocycles. The normalized spacial score (nSPS) is 11.8. The molecule has 0 fully saturated rings. The van der Waals surface area contributed by atoms with Gasteiger partial charge in [0.1, 0.15) is 0 Å². The lowest BCUT2D eigenvalue weighted by Crippen LogP contribution is -2.34. The Morgan fingerprint density at radius 1 is 1.40 bits per heavy atom. The molecule has 1 aromatic rings. The molecule has 0 aliphatic heterocycles. The monoisotopic (exact) mass is 306 g/mol. The zero-order chi connectivity index (χ0) is 15.3. The fourth-order valence-electron chi connectivity index (χ4n) is 1.66. The summed E-state index contributed by atoms with van der Waals surface area (Å²) in [5.74, 6) is -1.10. The number of sulfonamides is 1. The van der Waals surface area contributed by atoms with Gasteiger partial charge in [-0.1, -0.05) is 6.92 Å². The third-order valence-corrected chi connectivity index (χ3v) is 4.47. The maximum absolute atomic E-state index is 13.2. The third kappa shape index (κ3) is 3.50. The highest BCUT2D eigenvalue weighted by Gasteiger charge is 2.26. The lowest BCUT2D eigenvalue weighted by molar-refractivity contribution is -0.387. The minimum Gasteiger partial charge on any atom is -0.395 e. The molecular weight excluding hydrogens is 291 g/mol. The summed E-state index contributed by atoms with van der Waals surface area (Å²) in [4.78, 5) is 9.29. The SMILES string of the molecule is CCCN(CCO)S(=O)(=O)c1ccc(F)c([N+](=O)[O-])c1. The highest BCUT2D eigenvalue weighted by Crippen LogP contribution is 2.24. The maximum atomic E-state index is 13.2. The molecule has 9 heteroatoms. The summed E-state index contributed by atoms with van der Waals surface area (Å²) in [5, 5.41) is 19.5. The minimum atomic E-state index is -4.00. The van der Waals surface area contributed by atoms with E-state index in [2.05, 4.69) is 0 Å². The van der Waals surface area contributed by atoms with Crippen LogP contribution in [0.1, 0.15) is 13.3 Å². The Morgan fingerprint density at radius 3 is 2.55 bits per heavy atom. The highest BCUT2D eigenvalue weighted by molar-refractivity contribution is 7.89. The summed E-state index contributed by atoms with van der Waals surface area (Å²) in [6.07, 6.45) is 0.516. The van der Waals surface area contributed by atoms with E-state index in [4.69, 9.17) is 5.11 Å². The zero-order valence-electron chi connectivity index (χ0n) is 10.8. The van der Waals surface area contributed by atoms with E-state index in [-0.39, 0.29) is 24.6 Å². The average Bonchev–Trinajstić information content (AvgIpc) is 2.38. The van der Waals surface area contributed by atoms with Crippen molar-refractivity contribution in [2.45, 2.75) is 18.2 Å². The van der Waals surface area contributed by atoms with Gasteiger partial charge in [0, 0.05) is 19.2 Å². The molecule has 1 aromatic carbocycles. The van der Waals surface area contributed by atoms with Gasteiger partial charge in [0.2, 0.25) is 15.8 Å². The van der Waals surface area contributed by atoms with E-state index in [1.807, 2.05) is 0 Å². The van der Waals surface area contributed by atoms with Crippen LogP contribution in [-0.4, -0.2) is 42.4 Å². The van der Waals surface area contributed by atoms with Gasteiger partial charge in [0.15, 0.2) is 0 Å². The molecule has 7 nitrogen and oxygen atoms in total. The first-order chi connectivity index (χ1) is 9.34. The van der Waals surface area contributed by atoms with E-state index in [0.717, 1.165) is 16.4 Å². The summed E-state index contributed by atoms with van der Waals surface area (Å²) in [7, 11) is -4.00. The molecule has 1 rings (SSSR count). The molecular formula is C11H15FN2O5S. The molecule has 0 atom stereocenters. The fourth-order valence-corrected chi connectivity index (χ4v) is 3.20. The Hall–Kier alpha value is -1.58. The van der Waals surface area contributed by atoms with Gasteiger partial charge in [-0.3, -0.25) is 10.1 Å². The maximum Gasteiger partial charge on any atom is 0.306 e. The number of nitro groups is 1. The minimum absolute atomic E-state index is 0.124. The fraction of sp³-hybridized carbons (Fsp3) is 0.455. The van der Waals surface area contributed by atoms with E-state index in [0.29, 0.717) is 12.5 Å². The number of aliphatic hydroxyl groups is 1. The predicted molar refractivity (Wildman–Crippen MR) is 69.2 cm³/mol. The molecule has 0 bridgehead atoms. The number of nitro benzene ring substituents is 1. The molecule has 0 radical (unpaired) electrons. The number of hydrogen-bond donors (Lipinski definition) is 1. The van der Waals surface area contributed by atoms with Crippen molar-refractivity contribution < 1.29 is 22.8 Å². The lowest BCUT2D eigenvalue weighted by atomic mass is 10.3. The van der Waals surface area contributed by atoms with Crippen LogP contribution in [-0.2, 0) is 10.0 Å². The first-order valence-electron chi connectivity index (χ1n) is 5.89. The van der Waals surface area contributed by atoms with Gasteiger partial charge in [0.05, 0.1) is 16.4 Å². The smallest absolute Gasteiger partial charge is 0.306 e. The van der Waals surface area contributed by atoms with Crippen LogP contribution in [0.4, 0.5) is 10.1 Å². The highest BCUT2D eigenvalue weighted by atomic mass is 32.2. The quantitative estimate of drug-likeness (QED) is 0.601. The molecule has 112 valence electrons. The van der Waals surface area contributed by atoms with Crippen molar-refractivity contribution in [3.8, 4) is 0 Å². The number of aliphatic hydroxyl groups excluding tert-OH is 1. The van der Waals surface area contributed by atoms with Crippen molar-refractivity contribution >= 4 is 15.7 Å². The first-order valence-corrected chi connectivity index (χ1v) is 7.33.